The lowest BCUT2D eigenvalue weighted by Crippen LogP contribution is -2.50. The normalized spacial score (nSPS) is 16.9. The van der Waals surface area contributed by atoms with Gasteiger partial charge in [0.25, 0.3) is 0 Å². The van der Waals surface area contributed by atoms with Gasteiger partial charge < -0.3 is 34.1 Å². The lowest BCUT2D eigenvalue weighted by molar-refractivity contribution is -0.145. The molecule has 0 radical (unpaired) electrons. The first-order valence-corrected chi connectivity index (χ1v) is 13.2. The fraction of sp³-hybridized carbons (Fsp3) is 0.387. The maximum Gasteiger partial charge on any atom is 0.329 e. The second-order valence-corrected chi connectivity index (χ2v) is 10.3. The van der Waals surface area contributed by atoms with Gasteiger partial charge in [-0.2, -0.15) is 0 Å². The van der Waals surface area contributed by atoms with Gasteiger partial charge in [0.2, 0.25) is 5.79 Å². The highest BCUT2D eigenvalue weighted by atomic mass is 16.7. The number of carbonyl (C=O) groups is 1. The number of carboxylic acids is 1. The van der Waals surface area contributed by atoms with Crippen molar-refractivity contribution < 1.29 is 33.6 Å². The Morgan fingerprint density at radius 1 is 0.974 bits per heavy atom. The van der Waals surface area contributed by atoms with Gasteiger partial charge >= 0.3 is 5.97 Å². The fourth-order valence-electron chi connectivity index (χ4n) is 5.36. The number of methoxy groups -OCH3 is 2. The summed E-state index contributed by atoms with van der Waals surface area (Å²) in [4.78, 5) is 12.3. The van der Waals surface area contributed by atoms with E-state index in [1.54, 1.807) is 14.2 Å². The van der Waals surface area contributed by atoms with E-state index < -0.39 is 17.3 Å². The first kappa shape index (κ1) is 26.7. The number of hydrogen-bond acceptors (Lipinski definition) is 7. The summed E-state index contributed by atoms with van der Waals surface area (Å²) in [7, 11) is 3.29. The van der Waals surface area contributed by atoms with Crippen molar-refractivity contribution in [1.82, 2.24) is 0 Å². The zero-order chi connectivity index (χ0) is 27.6. The number of anilines is 1. The van der Waals surface area contributed by atoms with Gasteiger partial charge in [-0.3, -0.25) is 0 Å². The van der Waals surface area contributed by atoms with Crippen LogP contribution in [0.15, 0.2) is 54.6 Å². The van der Waals surface area contributed by atoms with E-state index in [2.05, 4.69) is 5.32 Å². The number of para-hydroxylation sites is 2. The summed E-state index contributed by atoms with van der Waals surface area (Å²) in [6.07, 6.45) is 1.99. The Morgan fingerprint density at radius 3 is 2.15 bits per heavy atom. The molecule has 0 unspecified atom stereocenters. The van der Waals surface area contributed by atoms with E-state index in [4.69, 9.17) is 23.7 Å². The van der Waals surface area contributed by atoms with Crippen LogP contribution in [0.1, 0.15) is 37.3 Å². The molecule has 0 aliphatic carbocycles. The van der Waals surface area contributed by atoms with E-state index in [0.717, 1.165) is 50.9 Å². The van der Waals surface area contributed by atoms with E-state index in [0.29, 0.717) is 38.9 Å². The minimum absolute atomic E-state index is 0.393. The third-order valence-electron chi connectivity index (χ3n) is 7.66. The molecule has 0 aromatic heterocycles. The molecule has 1 saturated heterocycles. The average Bonchev–Trinajstić information content (AvgIpc) is 3.29. The molecule has 1 fully saturated rings. The third kappa shape index (κ3) is 5.34. The summed E-state index contributed by atoms with van der Waals surface area (Å²) >= 11 is 0. The molecule has 5 rings (SSSR count). The number of carboxylic acid groups (broad SMARTS) is 1. The highest BCUT2D eigenvalue weighted by Crippen LogP contribution is 2.42. The number of ether oxygens (including phenoxy) is 5. The van der Waals surface area contributed by atoms with Crippen LogP contribution < -0.4 is 24.3 Å². The van der Waals surface area contributed by atoms with Crippen molar-refractivity contribution in [1.29, 1.82) is 0 Å². The number of aliphatic carboxylic acids is 1. The van der Waals surface area contributed by atoms with Gasteiger partial charge in [0, 0.05) is 50.7 Å². The number of fused-ring (bicyclic) bond motifs is 1. The number of rotatable bonds is 9. The molecule has 8 heteroatoms. The van der Waals surface area contributed by atoms with Crippen molar-refractivity contribution in [3.8, 4) is 34.1 Å². The van der Waals surface area contributed by atoms with Crippen LogP contribution in [-0.4, -0.2) is 49.8 Å². The summed E-state index contributed by atoms with van der Waals surface area (Å²) in [6.45, 7) is 4.71. The van der Waals surface area contributed by atoms with Crippen molar-refractivity contribution in [2.24, 2.45) is 0 Å². The molecular weight excluding hydrogens is 498 g/mol. The van der Waals surface area contributed by atoms with E-state index in [-0.39, 0.29) is 0 Å². The SMILES string of the molecule is COc1cc(-c2ccc(NC3(C(=O)O)CCOCC3)cc2CCC2(C)Oc3ccccc3O2)cc(OC)c1C. The average molecular weight is 534 g/mol. The van der Waals surface area contributed by atoms with Crippen molar-refractivity contribution in [3.05, 3.63) is 65.7 Å². The predicted molar refractivity (Wildman–Crippen MR) is 148 cm³/mol. The summed E-state index contributed by atoms with van der Waals surface area (Å²) in [5.74, 6) is 1.22. The van der Waals surface area contributed by atoms with E-state index >= 15 is 0 Å². The van der Waals surface area contributed by atoms with Gasteiger partial charge in [0.05, 0.1) is 14.2 Å². The Bertz CT molecular complexity index is 1310. The van der Waals surface area contributed by atoms with E-state index in [9.17, 15) is 9.90 Å². The molecular formula is C31H35NO7. The summed E-state index contributed by atoms with van der Waals surface area (Å²) in [5.41, 5.74) is 3.54. The third-order valence-corrected chi connectivity index (χ3v) is 7.66. The lowest BCUT2D eigenvalue weighted by atomic mass is 9.89. The molecule has 2 heterocycles. The molecule has 3 aromatic carbocycles. The quantitative estimate of drug-likeness (QED) is 0.354. The molecule has 2 N–H and O–H groups in total. The Morgan fingerprint density at radius 2 is 1.59 bits per heavy atom. The molecule has 3 aromatic rings. The van der Waals surface area contributed by atoms with Gasteiger partial charge in [-0.25, -0.2) is 4.79 Å². The van der Waals surface area contributed by atoms with E-state index in [1.165, 1.54) is 0 Å². The summed E-state index contributed by atoms with van der Waals surface area (Å²) < 4.78 is 29.1. The zero-order valence-corrected chi connectivity index (χ0v) is 22.8. The number of nitrogens with one attached hydrogen (secondary N) is 1. The topological polar surface area (TPSA) is 95.5 Å². The Kier molecular flexibility index (Phi) is 7.32. The van der Waals surface area contributed by atoms with Crippen molar-refractivity contribution in [3.63, 3.8) is 0 Å². The molecule has 0 amide bonds. The number of aryl methyl sites for hydroxylation is 1. The summed E-state index contributed by atoms with van der Waals surface area (Å²) in [6, 6.07) is 17.6. The minimum Gasteiger partial charge on any atom is -0.496 e. The number of benzene rings is 3. The standard InChI is InChI=1S/C31H35NO7/c1-20-27(35-3)18-22(19-28(20)36-4)24-10-9-23(32-31(29(33)34)13-15-37-16-14-31)17-21(24)11-12-30(2)38-25-7-5-6-8-26(25)39-30/h5-10,17-19,32H,11-16H2,1-4H3,(H,33,34). The fourth-order valence-corrected chi connectivity index (χ4v) is 5.36. The highest BCUT2D eigenvalue weighted by molar-refractivity contribution is 5.83. The van der Waals surface area contributed by atoms with Crippen LogP contribution in [0.4, 0.5) is 5.69 Å². The monoisotopic (exact) mass is 533 g/mol. The Balaban J connectivity index is 1.50. The molecule has 2 aliphatic rings. The Hall–Kier alpha value is -3.91. The van der Waals surface area contributed by atoms with Gasteiger partial charge in [-0.05, 0) is 66.4 Å². The second-order valence-electron chi connectivity index (χ2n) is 10.3. The van der Waals surface area contributed by atoms with Gasteiger partial charge in [0.15, 0.2) is 11.5 Å². The van der Waals surface area contributed by atoms with Crippen LogP contribution in [0.3, 0.4) is 0 Å². The maximum absolute atomic E-state index is 12.3. The van der Waals surface area contributed by atoms with Crippen molar-refractivity contribution in [2.75, 3.05) is 32.8 Å². The Labute approximate surface area is 228 Å². The first-order valence-electron chi connectivity index (χ1n) is 13.2. The summed E-state index contributed by atoms with van der Waals surface area (Å²) in [5, 5.41) is 13.4. The van der Waals surface area contributed by atoms with Gasteiger partial charge in [0.1, 0.15) is 17.0 Å². The van der Waals surface area contributed by atoms with Gasteiger partial charge in [-0.15, -0.1) is 0 Å². The van der Waals surface area contributed by atoms with Gasteiger partial charge in [-0.1, -0.05) is 18.2 Å². The highest BCUT2D eigenvalue weighted by Gasteiger charge is 2.40. The van der Waals surface area contributed by atoms with Crippen LogP contribution in [0.5, 0.6) is 23.0 Å². The maximum atomic E-state index is 12.3. The van der Waals surface area contributed by atoms with E-state index in [1.807, 2.05) is 68.4 Å². The molecule has 0 saturated carbocycles. The van der Waals surface area contributed by atoms with Crippen LogP contribution in [-0.2, 0) is 16.0 Å². The first-order chi connectivity index (χ1) is 18.8. The smallest absolute Gasteiger partial charge is 0.329 e. The zero-order valence-electron chi connectivity index (χ0n) is 22.8. The molecule has 2 aliphatic heterocycles. The molecule has 8 nitrogen and oxygen atoms in total. The minimum atomic E-state index is -1.07. The molecule has 0 spiro atoms. The van der Waals surface area contributed by atoms with Crippen molar-refractivity contribution in [2.45, 2.75) is 50.9 Å². The van der Waals surface area contributed by atoms with Crippen LogP contribution >= 0.6 is 0 Å². The lowest BCUT2D eigenvalue weighted by Gasteiger charge is -2.35. The van der Waals surface area contributed by atoms with Crippen LogP contribution in [0.25, 0.3) is 11.1 Å². The number of hydrogen-bond donors (Lipinski definition) is 2. The molecule has 206 valence electrons. The largest absolute Gasteiger partial charge is 0.496 e. The predicted octanol–water partition coefficient (Wildman–Crippen LogP) is 5.85. The van der Waals surface area contributed by atoms with Crippen LogP contribution in [0, 0.1) is 6.92 Å². The van der Waals surface area contributed by atoms with Crippen LogP contribution in [0.2, 0.25) is 0 Å². The molecule has 0 bridgehead atoms. The molecule has 0 atom stereocenters. The molecule has 39 heavy (non-hydrogen) atoms. The van der Waals surface area contributed by atoms with Crippen molar-refractivity contribution >= 4 is 11.7 Å². The second kappa shape index (κ2) is 10.7.